The largest absolute Gasteiger partial charge is 0.462 e. The summed E-state index contributed by atoms with van der Waals surface area (Å²) in [5, 5.41) is 2.68. The Hall–Kier alpha value is -2.72. The third kappa shape index (κ3) is 4.80. The standard InChI is InChI=1S/C21H26FN3O5S/c1-4-30-21(27)18-13(2)23-14(3)19(18)31(28,29)25-10-8-15(9-11-25)20(26)24-17-7-5-6-16(22)12-17/h5-7,12,15,23H,4,8-11H2,1-3H3,(H,24,26). The molecule has 0 aliphatic carbocycles. The van der Waals surface area contributed by atoms with Crippen LogP contribution in [0.2, 0.25) is 0 Å². The Morgan fingerprint density at radius 3 is 2.52 bits per heavy atom. The molecule has 168 valence electrons. The first-order valence-corrected chi connectivity index (χ1v) is 11.5. The number of H-pyrrole nitrogens is 1. The van der Waals surface area contributed by atoms with Crippen LogP contribution in [-0.2, 0) is 19.6 Å². The van der Waals surface area contributed by atoms with Crippen molar-refractivity contribution in [3.63, 3.8) is 0 Å². The van der Waals surface area contributed by atoms with Gasteiger partial charge in [0.2, 0.25) is 15.9 Å². The first-order chi connectivity index (χ1) is 14.6. The third-order valence-electron chi connectivity index (χ3n) is 5.31. The molecule has 2 aromatic rings. The molecule has 0 bridgehead atoms. The minimum absolute atomic E-state index is 0.0188. The van der Waals surface area contributed by atoms with Gasteiger partial charge >= 0.3 is 5.97 Å². The predicted molar refractivity (Wildman–Crippen MR) is 113 cm³/mol. The van der Waals surface area contributed by atoms with Crippen molar-refractivity contribution in [1.29, 1.82) is 0 Å². The lowest BCUT2D eigenvalue weighted by molar-refractivity contribution is -0.120. The molecule has 31 heavy (non-hydrogen) atoms. The number of nitrogens with one attached hydrogen (secondary N) is 2. The van der Waals surface area contributed by atoms with Gasteiger partial charge < -0.3 is 15.0 Å². The average molecular weight is 452 g/mol. The summed E-state index contributed by atoms with van der Waals surface area (Å²) in [7, 11) is -3.96. The number of amides is 1. The number of esters is 1. The molecule has 1 amide bonds. The second-order valence-corrected chi connectivity index (χ2v) is 9.35. The summed E-state index contributed by atoms with van der Waals surface area (Å²) in [6.45, 7) is 5.28. The molecule has 2 N–H and O–H groups in total. The highest BCUT2D eigenvalue weighted by molar-refractivity contribution is 7.89. The van der Waals surface area contributed by atoms with Crippen LogP contribution >= 0.6 is 0 Å². The van der Waals surface area contributed by atoms with Gasteiger partial charge in [-0.15, -0.1) is 0 Å². The fourth-order valence-electron chi connectivity index (χ4n) is 3.83. The molecule has 3 rings (SSSR count). The van der Waals surface area contributed by atoms with Gasteiger partial charge in [-0.25, -0.2) is 17.6 Å². The number of carbonyl (C=O) groups excluding carboxylic acids is 2. The smallest absolute Gasteiger partial charge is 0.341 e. The van der Waals surface area contributed by atoms with E-state index in [1.807, 2.05) is 0 Å². The van der Waals surface area contributed by atoms with E-state index in [4.69, 9.17) is 4.74 Å². The summed E-state index contributed by atoms with van der Waals surface area (Å²) in [5.41, 5.74) is 1.17. The normalized spacial score (nSPS) is 15.6. The van der Waals surface area contributed by atoms with Crippen molar-refractivity contribution in [3.05, 3.63) is 47.0 Å². The summed E-state index contributed by atoms with van der Waals surface area (Å²) in [6.07, 6.45) is 0.634. The van der Waals surface area contributed by atoms with E-state index in [0.717, 1.165) is 0 Å². The Balaban J connectivity index is 1.73. The number of rotatable bonds is 6. The molecule has 0 atom stereocenters. The van der Waals surface area contributed by atoms with Crippen molar-refractivity contribution >= 4 is 27.6 Å². The first-order valence-electron chi connectivity index (χ1n) is 10.1. The maximum atomic E-state index is 13.3. The van der Waals surface area contributed by atoms with Crippen LogP contribution in [0.15, 0.2) is 29.2 Å². The SMILES string of the molecule is CCOC(=O)c1c(C)[nH]c(C)c1S(=O)(=O)N1CCC(C(=O)Nc2cccc(F)c2)CC1. The summed E-state index contributed by atoms with van der Waals surface area (Å²) in [5.74, 6) is -1.81. The number of carbonyl (C=O) groups is 2. The Labute approximate surface area is 180 Å². The van der Waals surface area contributed by atoms with Crippen molar-refractivity contribution in [2.75, 3.05) is 25.0 Å². The van der Waals surface area contributed by atoms with Gasteiger partial charge in [-0.3, -0.25) is 4.79 Å². The second kappa shape index (κ2) is 9.19. The summed E-state index contributed by atoms with van der Waals surface area (Å²) in [6, 6.07) is 5.61. The number of hydrogen-bond donors (Lipinski definition) is 2. The zero-order valence-electron chi connectivity index (χ0n) is 17.7. The maximum Gasteiger partial charge on any atom is 0.341 e. The summed E-state index contributed by atoms with van der Waals surface area (Å²) in [4.78, 5) is 27.7. The van der Waals surface area contributed by atoms with Crippen molar-refractivity contribution in [3.8, 4) is 0 Å². The number of hydrogen-bond acceptors (Lipinski definition) is 5. The van der Waals surface area contributed by atoms with E-state index < -0.39 is 27.7 Å². The van der Waals surface area contributed by atoms with E-state index in [-0.39, 0.29) is 36.1 Å². The molecular formula is C21H26FN3O5S. The molecule has 0 saturated carbocycles. The van der Waals surface area contributed by atoms with Crippen LogP contribution in [0.3, 0.4) is 0 Å². The van der Waals surface area contributed by atoms with Crippen molar-refractivity contribution in [2.45, 2.75) is 38.5 Å². The zero-order valence-corrected chi connectivity index (χ0v) is 18.5. The monoisotopic (exact) mass is 451 g/mol. The molecule has 1 aromatic carbocycles. The van der Waals surface area contributed by atoms with Crippen molar-refractivity contribution in [2.24, 2.45) is 5.92 Å². The van der Waals surface area contributed by atoms with Gasteiger partial charge in [-0.1, -0.05) is 6.07 Å². The van der Waals surface area contributed by atoms with E-state index >= 15 is 0 Å². The molecule has 1 aliphatic heterocycles. The molecule has 1 aliphatic rings. The van der Waals surface area contributed by atoms with E-state index in [0.29, 0.717) is 29.9 Å². The average Bonchev–Trinajstić information content (AvgIpc) is 3.03. The number of aromatic amines is 1. The molecule has 10 heteroatoms. The number of ether oxygens (including phenoxy) is 1. The molecule has 0 radical (unpaired) electrons. The lowest BCUT2D eigenvalue weighted by Crippen LogP contribution is -2.41. The number of sulfonamides is 1. The van der Waals surface area contributed by atoms with Gasteiger partial charge in [-0.2, -0.15) is 4.31 Å². The molecular weight excluding hydrogens is 425 g/mol. The molecule has 0 spiro atoms. The highest BCUT2D eigenvalue weighted by Crippen LogP contribution is 2.30. The fraction of sp³-hybridized carbons (Fsp3) is 0.429. The highest BCUT2D eigenvalue weighted by Gasteiger charge is 2.37. The van der Waals surface area contributed by atoms with Crippen LogP contribution in [0.5, 0.6) is 0 Å². The van der Waals surface area contributed by atoms with Gasteiger partial charge in [0.15, 0.2) is 0 Å². The predicted octanol–water partition coefficient (Wildman–Crippen LogP) is 2.99. The van der Waals surface area contributed by atoms with Crippen LogP contribution in [0.25, 0.3) is 0 Å². The Bertz CT molecular complexity index is 1090. The van der Waals surface area contributed by atoms with Crippen molar-refractivity contribution in [1.82, 2.24) is 9.29 Å². The lowest BCUT2D eigenvalue weighted by atomic mass is 9.97. The second-order valence-electron chi connectivity index (χ2n) is 7.48. The molecule has 0 unspecified atom stereocenters. The topological polar surface area (TPSA) is 109 Å². The van der Waals surface area contributed by atoms with E-state index in [1.54, 1.807) is 26.8 Å². The van der Waals surface area contributed by atoms with Gasteiger partial charge in [0.1, 0.15) is 16.3 Å². The minimum atomic E-state index is -3.96. The number of aryl methyl sites for hydroxylation is 2. The van der Waals surface area contributed by atoms with Crippen LogP contribution < -0.4 is 5.32 Å². The highest BCUT2D eigenvalue weighted by atomic mass is 32.2. The van der Waals surface area contributed by atoms with E-state index in [1.165, 1.54) is 22.5 Å². The summed E-state index contributed by atoms with van der Waals surface area (Å²) < 4.78 is 46.3. The number of aromatic nitrogens is 1. The van der Waals surface area contributed by atoms with Crippen LogP contribution in [0.1, 0.15) is 41.5 Å². The summed E-state index contributed by atoms with van der Waals surface area (Å²) >= 11 is 0. The van der Waals surface area contributed by atoms with Gasteiger partial charge in [0.25, 0.3) is 0 Å². The number of piperidine rings is 1. The van der Waals surface area contributed by atoms with Crippen LogP contribution in [-0.4, -0.2) is 49.3 Å². The number of halogens is 1. The Morgan fingerprint density at radius 1 is 1.23 bits per heavy atom. The molecule has 1 aromatic heterocycles. The number of benzene rings is 1. The molecule has 8 nitrogen and oxygen atoms in total. The number of nitrogens with zero attached hydrogens (tertiary/aromatic N) is 1. The fourth-order valence-corrected chi connectivity index (χ4v) is 5.71. The maximum absolute atomic E-state index is 13.3. The van der Waals surface area contributed by atoms with Gasteiger partial charge in [0, 0.05) is 36.1 Å². The van der Waals surface area contributed by atoms with Gasteiger partial charge in [0.05, 0.1) is 6.61 Å². The molecule has 1 saturated heterocycles. The van der Waals surface area contributed by atoms with E-state index in [9.17, 15) is 22.4 Å². The van der Waals surface area contributed by atoms with E-state index in [2.05, 4.69) is 10.3 Å². The molecule has 1 fully saturated rings. The third-order valence-corrected chi connectivity index (χ3v) is 7.38. The van der Waals surface area contributed by atoms with Crippen LogP contribution in [0.4, 0.5) is 10.1 Å². The Kier molecular flexibility index (Phi) is 6.80. The van der Waals surface area contributed by atoms with Gasteiger partial charge in [-0.05, 0) is 51.8 Å². The Morgan fingerprint density at radius 2 is 1.90 bits per heavy atom. The minimum Gasteiger partial charge on any atom is -0.462 e. The molecule has 2 heterocycles. The number of anilines is 1. The quantitative estimate of drug-likeness (QED) is 0.657. The first kappa shape index (κ1) is 23.0. The van der Waals surface area contributed by atoms with Crippen molar-refractivity contribution < 1.29 is 27.1 Å². The van der Waals surface area contributed by atoms with Crippen LogP contribution in [0, 0.1) is 25.6 Å². The zero-order chi connectivity index (χ0) is 22.8. The lowest BCUT2D eigenvalue weighted by Gasteiger charge is -2.30.